The van der Waals surface area contributed by atoms with E-state index in [2.05, 4.69) is 46.8 Å². The first kappa shape index (κ1) is 13.8. The third-order valence-corrected chi connectivity index (χ3v) is 4.42. The van der Waals surface area contributed by atoms with Crippen molar-refractivity contribution in [2.75, 3.05) is 19.6 Å². The quantitative estimate of drug-likeness (QED) is 0.910. The van der Waals surface area contributed by atoms with Crippen molar-refractivity contribution >= 4 is 33.8 Å². The molecule has 0 bridgehead atoms. The molecule has 0 saturated carbocycles. The molecule has 2 nitrogen and oxygen atoms in total. The topological polar surface area (TPSA) is 15.3 Å². The van der Waals surface area contributed by atoms with Crippen LogP contribution in [0.25, 0.3) is 10.1 Å². The van der Waals surface area contributed by atoms with Crippen molar-refractivity contribution in [2.45, 2.75) is 19.5 Å². The van der Waals surface area contributed by atoms with Crippen molar-refractivity contribution < 1.29 is 0 Å². The van der Waals surface area contributed by atoms with Gasteiger partial charge in [-0.3, -0.25) is 4.90 Å². The van der Waals surface area contributed by atoms with Crippen molar-refractivity contribution in [3.05, 3.63) is 35.2 Å². The van der Waals surface area contributed by atoms with Crippen LogP contribution < -0.4 is 5.32 Å². The predicted molar refractivity (Wildman–Crippen MR) is 81.8 cm³/mol. The fourth-order valence-electron chi connectivity index (χ4n) is 2.55. The third kappa shape index (κ3) is 2.86. The number of fused-ring (bicyclic) bond motifs is 1. The average molecular weight is 283 g/mol. The number of hydrogen-bond donors (Lipinski definition) is 1. The van der Waals surface area contributed by atoms with Crippen LogP contribution in [0.3, 0.4) is 0 Å². The van der Waals surface area contributed by atoms with Gasteiger partial charge in [0.05, 0.1) is 0 Å². The Labute approximate surface area is 118 Å². The van der Waals surface area contributed by atoms with E-state index in [0.717, 1.165) is 26.2 Å². The van der Waals surface area contributed by atoms with Crippen LogP contribution in [0, 0.1) is 0 Å². The minimum Gasteiger partial charge on any atom is -0.312 e. The molecule has 1 aromatic carbocycles. The lowest BCUT2D eigenvalue weighted by atomic mass is 10.1. The summed E-state index contributed by atoms with van der Waals surface area (Å²) < 4.78 is 1.41. The van der Waals surface area contributed by atoms with Crippen LogP contribution in [-0.4, -0.2) is 30.6 Å². The Bertz CT molecular complexity index is 511. The Morgan fingerprint density at radius 3 is 3.06 bits per heavy atom. The molecule has 0 amide bonds. The molecule has 1 aliphatic heterocycles. The van der Waals surface area contributed by atoms with Gasteiger partial charge in [-0.25, -0.2) is 0 Å². The van der Waals surface area contributed by atoms with Gasteiger partial charge in [-0.2, -0.15) is 0 Å². The summed E-state index contributed by atoms with van der Waals surface area (Å²) >= 11 is 1.86. The van der Waals surface area contributed by atoms with Crippen molar-refractivity contribution in [3.8, 4) is 0 Å². The highest BCUT2D eigenvalue weighted by Gasteiger charge is 2.16. The van der Waals surface area contributed by atoms with Crippen LogP contribution in [0.5, 0.6) is 0 Å². The summed E-state index contributed by atoms with van der Waals surface area (Å²) in [7, 11) is 0. The molecule has 4 heteroatoms. The number of piperazine rings is 1. The number of thiophene rings is 1. The fourth-order valence-corrected chi connectivity index (χ4v) is 3.51. The molecule has 1 aliphatic rings. The lowest BCUT2D eigenvalue weighted by Crippen LogP contribution is -2.48. The van der Waals surface area contributed by atoms with Gasteiger partial charge in [0.15, 0.2) is 0 Å². The molecular formula is C14H19ClN2S. The highest BCUT2D eigenvalue weighted by atomic mass is 35.5. The van der Waals surface area contributed by atoms with Gasteiger partial charge in [-0.1, -0.05) is 18.2 Å². The summed E-state index contributed by atoms with van der Waals surface area (Å²) in [6, 6.07) is 9.33. The van der Waals surface area contributed by atoms with E-state index in [1.54, 1.807) is 0 Å². The Morgan fingerprint density at radius 1 is 1.39 bits per heavy atom. The van der Waals surface area contributed by atoms with Crippen molar-refractivity contribution in [1.29, 1.82) is 0 Å². The minimum absolute atomic E-state index is 0. The summed E-state index contributed by atoms with van der Waals surface area (Å²) in [5.74, 6) is 0. The van der Waals surface area contributed by atoms with E-state index in [1.165, 1.54) is 15.6 Å². The van der Waals surface area contributed by atoms with E-state index in [4.69, 9.17) is 0 Å². The van der Waals surface area contributed by atoms with Gasteiger partial charge in [0.2, 0.25) is 0 Å². The van der Waals surface area contributed by atoms with Gasteiger partial charge < -0.3 is 5.32 Å². The minimum atomic E-state index is 0. The molecule has 1 atom stereocenters. The second-order valence-corrected chi connectivity index (χ2v) is 5.76. The van der Waals surface area contributed by atoms with Gasteiger partial charge in [0.1, 0.15) is 0 Å². The molecular weight excluding hydrogens is 264 g/mol. The molecule has 98 valence electrons. The SMILES string of the molecule is CC1CN(Cc2csc3ccccc23)CCN1.Cl. The maximum atomic E-state index is 3.49. The zero-order valence-electron chi connectivity index (χ0n) is 10.6. The Kier molecular flexibility index (Phi) is 4.62. The molecule has 1 saturated heterocycles. The summed E-state index contributed by atoms with van der Waals surface area (Å²) in [5.41, 5.74) is 1.49. The second-order valence-electron chi connectivity index (χ2n) is 4.85. The zero-order chi connectivity index (χ0) is 11.7. The van der Waals surface area contributed by atoms with Crippen LogP contribution in [0.1, 0.15) is 12.5 Å². The maximum Gasteiger partial charge on any atom is 0.0346 e. The van der Waals surface area contributed by atoms with E-state index in [1.807, 2.05) is 11.3 Å². The highest BCUT2D eigenvalue weighted by Crippen LogP contribution is 2.26. The van der Waals surface area contributed by atoms with Gasteiger partial charge in [-0.15, -0.1) is 23.7 Å². The lowest BCUT2D eigenvalue weighted by molar-refractivity contribution is 0.200. The molecule has 0 radical (unpaired) electrons. The highest BCUT2D eigenvalue weighted by molar-refractivity contribution is 7.17. The first-order valence-corrected chi connectivity index (χ1v) is 7.12. The van der Waals surface area contributed by atoms with Gasteiger partial charge in [0.25, 0.3) is 0 Å². The van der Waals surface area contributed by atoms with E-state index in [0.29, 0.717) is 6.04 Å². The second kappa shape index (κ2) is 6.02. The first-order chi connectivity index (χ1) is 8.33. The largest absolute Gasteiger partial charge is 0.312 e. The number of nitrogens with zero attached hydrogens (tertiary/aromatic N) is 1. The number of rotatable bonds is 2. The van der Waals surface area contributed by atoms with E-state index in [-0.39, 0.29) is 12.4 Å². The number of nitrogens with one attached hydrogen (secondary N) is 1. The Morgan fingerprint density at radius 2 is 2.22 bits per heavy atom. The molecule has 2 aromatic rings. The van der Waals surface area contributed by atoms with Crippen LogP contribution in [0.2, 0.25) is 0 Å². The van der Waals surface area contributed by atoms with Crippen molar-refractivity contribution in [3.63, 3.8) is 0 Å². The normalized spacial score (nSPS) is 20.8. The molecule has 3 rings (SSSR count). The van der Waals surface area contributed by atoms with Crippen LogP contribution in [0.4, 0.5) is 0 Å². The predicted octanol–water partition coefficient (Wildman–Crippen LogP) is 3.12. The van der Waals surface area contributed by atoms with E-state index in [9.17, 15) is 0 Å². The molecule has 0 spiro atoms. The van der Waals surface area contributed by atoms with Gasteiger partial charge >= 0.3 is 0 Å². The first-order valence-electron chi connectivity index (χ1n) is 6.24. The standard InChI is InChI=1S/C14H18N2S.ClH/c1-11-8-16(7-6-15-11)9-12-10-17-14-5-3-2-4-13(12)14;/h2-5,10-11,15H,6-9H2,1H3;1H. The van der Waals surface area contributed by atoms with E-state index >= 15 is 0 Å². The summed E-state index contributed by atoms with van der Waals surface area (Å²) in [4.78, 5) is 2.55. The summed E-state index contributed by atoms with van der Waals surface area (Å²) in [6.45, 7) is 6.79. The fraction of sp³-hybridized carbons (Fsp3) is 0.429. The van der Waals surface area contributed by atoms with Gasteiger partial charge in [-0.05, 0) is 29.3 Å². The Balaban J connectivity index is 0.00000120. The molecule has 1 aromatic heterocycles. The molecule has 1 fully saturated rings. The van der Waals surface area contributed by atoms with Crippen LogP contribution in [-0.2, 0) is 6.54 Å². The smallest absolute Gasteiger partial charge is 0.0346 e. The van der Waals surface area contributed by atoms with Gasteiger partial charge in [0, 0.05) is 36.9 Å². The third-order valence-electron chi connectivity index (χ3n) is 3.41. The summed E-state index contributed by atoms with van der Waals surface area (Å²) in [6.07, 6.45) is 0. The molecule has 18 heavy (non-hydrogen) atoms. The number of halogens is 1. The maximum absolute atomic E-state index is 3.49. The monoisotopic (exact) mass is 282 g/mol. The lowest BCUT2D eigenvalue weighted by Gasteiger charge is -2.31. The van der Waals surface area contributed by atoms with E-state index < -0.39 is 0 Å². The average Bonchev–Trinajstić information content (AvgIpc) is 2.73. The molecule has 1 unspecified atom stereocenters. The van der Waals surface area contributed by atoms with Crippen molar-refractivity contribution in [1.82, 2.24) is 10.2 Å². The number of hydrogen-bond acceptors (Lipinski definition) is 3. The molecule has 0 aliphatic carbocycles. The van der Waals surface area contributed by atoms with Crippen LogP contribution >= 0.6 is 23.7 Å². The Hall–Kier alpha value is -0.610. The molecule has 1 N–H and O–H groups in total. The molecule has 2 heterocycles. The van der Waals surface area contributed by atoms with Crippen LogP contribution in [0.15, 0.2) is 29.6 Å². The van der Waals surface area contributed by atoms with Crippen molar-refractivity contribution in [2.24, 2.45) is 0 Å². The number of benzene rings is 1. The summed E-state index contributed by atoms with van der Waals surface area (Å²) in [5, 5.41) is 7.24. The zero-order valence-corrected chi connectivity index (χ0v) is 12.2.